The van der Waals surface area contributed by atoms with Gasteiger partial charge in [-0.3, -0.25) is 15.5 Å². The second-order valence-corrected chi connectivity index (χ2v) is 11.1. The highest BCUT2D eigenvalue weighted by Gasteiger charge is 2.42. The van der Waals surface area contributed by atoms with Crippen LogP contribution in [0.3, 0.4) is 0 Å². The van der Waals surface area contributed by atoms with Gasteiger partial charge in [-0.05, 0) is 76.7 Å². The smallest absolute Gasteiger partial charge is 0.242 e. The Labute approximate surface area is 194 Å². The first-order valence-corrected chi connectivity index (χ1v) is 13.2. The van der Waals surface area contributed by atoms with Gasteiger partial charge in [0.1, 0.15) is 11.9 Å². The molecule has 1 aliphatic heterocycles. The second-order valence-electron chi connectivity index (χ2n) is 11.1. The van der Waals surface area contributed by atoms with E-state index in [-0.39, 0.29) is 12.1 Å². The molecule has 5 N–H and O–H groups in total. The van der Waals surface area contributed by atoms with Crippen LogP contribution in [0.15, 0.2) is 11.1 Å². The van der Waals surface area contributed by atoms with Crippen molar-refractivity contribution in [3.05, 3.63) is 11.1 Å². The van der Waals surface area contributed by atoms with Crippen LogP contribution in [0.5, 0.6) is 0 Å². The highest BCUT2D eigenvalue weighted by molar-refractivity contribution is 6.05. The van der Waals surface area contributed by atoms with Crippen LogP contribution in [0.1, 0.15) is 84.5 Å². The van der Waals surface area contributed by atoms with E-state index in [2.05, 4.69) is 29.4 Å². The number of piperazine rings is 1. The van der Waals surface area contributed by atoms with Crippen molar-refractivity contribution in [1.29, 1.82) is 5.41 Å². The van der Waals surface area contributed by atoms with Gasteiger partial charge in [-0.1, -0.05) is 43.3 Å². The number of nitrogens with two attached hydrogens (primary N) is 1. The Kier molecular flexibility index (Phi) is 7.93. The second kappa shape index (κ2) is 10.7. The van der Waals surface area contributed by atoms with Crippen molar-refractivity contribution in [2.45, 2.75) is 103 Å². The van der Waals surface area contributed by atoms with E-state index in [1.807, 2.05) is 0 Å². The minimum atomic E-state index is -0.669. The van der Waals surface area contributed by atoms with Gasteiger partial charge in [0.15, 0.2) is 0 Å². The molecule has 1 amide bonds. The third-order valence-corrected chi connectivity index (χ3v) is 9.05. The van der Waals surface area contributed by atoms with E-state index in [0.29, 0.717) is 5.84 Å². The molecule has 3 fully saturated rings. The Bertz CT molecular complexity index is 705. The van der Waals surface area contributed by atoms with Crippen molar-refractivity contribution in [3.8, 4) is 0 Å². The molecule has 4 rings (SSSR count). The molecule has 2 saturated carbocycles. The van der Waals surface area contributed by atoms with Crippen LogP contribution in [0.25, 0.3) is 0 Å². The molecule has 4 aliphatic rings. The van der Waals surface area contributed by atoms with Gasteiger partial charge < -0.3 is 16.0 Å². The van der Waals surface area contributed by atoms with Gasteiger partial charge in [0.05, 0.1) is 0 Å². The average molecular weight is 444 g/mol. The Balaban J connectivity index is 1.24. The molecule has 0 aromatic heterocycles. The van der Waals surface area contributed by atoms with Crippen LogP contribution in [-0.4, -0.2) is 54.4 Å². The molecule has 0 aromatic carbocycles. The monoisotopic (exact) mass is 443 g/mol. The minimum absolute atomic E-state index is 0.195. The van der Waals surface area contributed by atoms with Crippen LogP contribution < -0.4 is 16.4 Å². The summed E-state index contributed by atoms with van der Waals surface area (Å²) in [4.78, 5) is 14.1. The molecule has 3 unspecified atom stereocenters. The van der Waals surface area contributed by atoms with Crippen molar-refractivity contribution in [2.75, 3.05) is 19.6 Å². The summed E-state index contributed by atoms with van der Waals surface area (Å²) < 4.78 is 0. The number of carbonyl (C=O) groups is 1. The highest BCUT2D eigenvalue weighted by Crippen LogP contribution is 2.39. The average Bonchev–Trinajstić information content (AvgIpc) is 2.80. The van der Waals surface area contributed by atoms with Crippen LogP contribution in [0.4, 0.5) is 0 Å². The van der Waals surface area contributed by atoms with Crippen molar-refractivity contribution in [1.82, 2.24) is 15.5 Å². The molecule has 1 saturated heterocycles. The molecular weight excluding hydrogens is 398 g/mol. The topological polar surface area (TPSA) is 94.2 Å². The third kappa shape index (κ3) is 5.39. The third-order valence-electron chi connectivity index (χ3n) is 9.05. The molecule has 0 aromatic rings. The lowest BCUT2D eigenvalue weighted by molar-refractivity contribution is -0.119. The maximum atomic E-state index is 12.0. The number of amides is 1. The van der Waals surface area contributed by atoms with E-state index >= 15 is 0 Å². The Morgan fingerprint density at radius 3 is 2.38 bits per heavy atom. The molecule has 180 valence electrons. The van der Waals surface area contributed by atoms with Crippen LogP contribution in [0, 0.1) is 23.2 Å². The van der Waals surface area contributed by atoms with Gasteiger partial charge >= 0.3 is 0 Å². The van der Waals surface area contributed by atoms with Crippen LogP contribution >= 0.6 is 0 Å². The first-order valence-electron chi connectivity index (χ1n) is 13.2. The number of rotatable bonds is 7. The van der Waals surface area contributed by atoms with E-state index in [4.69, 9.17) is 11.1 Å². The number of primary amides is 1. The zero-order valence-electron chi connectivity index (χ0n) is 20.3. The quantitative estimate of drug-likeness (QED) is 0.357. The normalized spacial score (nSPS) is 34.5. The first kappa shape index (κ1) is 23.7. The molecule has 3 atom stereocenters. The highest BCUT2D eigenvalue weighted by atomic mass is 16.1. The summed E-state index contributed by atoms with van der Waals surface area (Å²) in [5.41, 5.74) is 8.45. The van der Waals surface area contributed by atoms with E-state index in [9.17, 15) is 4.79 Å². The molecule has 6 heteroatoms. The fraction of sp³-hybridized carbons (Fsp3) is 0.846. The number of amidine groups is 1. The molecule has 6 nitrogen and oxygen atoms in total. The summed E-state index contributed by atoms with van der Waals surface area (Å²) in [7, 11) is 0. The van der Waals surface area contributed by atoms with Gasteiger partial charge in [0.25, 0.3) is 0 Å². The predicted molar refractivity (Wildman–Crippen MR) is 131 cm³/mol. The largest absolute Gasteiger partial charge is 0.368 e. The number of carbonyl (C=O) groups excluding carboxylic acids is 1. The summed E-state index contributed by atoms with van der Waals surface area (Å²) in [6.45, 7) is 7.11. The fourth-order valence-corrected chi connectivity index (χ4v) is 6.88. The predicted octanol–water partition coefficient (Wildman–Crippen LogP) is 3.57. The molecule has 0 radical (unpaired) electrons. The molecule has 0 bridgehead atoms. The van der Waals surface area contributed by atoms with Gasteiger partial charge in [-0.15, -0.1) is 0 Å². The summed E-state index contributed by atoms with van der Waals surface area (Å²) in [6, 6.07) is -0.229. The molecular formula is C26H45N5O. The molecule has 3 aliphatic carbocycles. The summed E-state index contributed by atoms with van der Waals surface area (Å²) in [5, 5.41) is 15.7. The molecule has 1 heterocycles. The van der Waals surface area contributed by atoms with Gasteiger partial charge in [-0.2, -0.15) is 0 Å². The summed E-state index contributed by atoms with van der Waals surface area (Å²) >= 11 is 0. The summed E-state index contributed by atoms with van der Waals surface area (Å²) in [5.74, 6) is 2.71. The zero-order chi connectivity index (χ0) is 22.7. The Morgan fingerprint density at radius 2 is 1.69 bits per heavy atom. The van der Waals surface area contributed by atoms with Crippen molar-refractivity contribution in [3.63, 3.8) is 0 Å². The molecule has 32 heavy (non-hydrogen) atoms. The van der Waals surface area contributed by atoms with E-state index in [1.54, 1.807) is 0 Å². The Morgan fingerprint density at radius 1 is 1.03 bits per heavy atom. The zero-order valence-corrected chi connectivity index (χ0v) is 20.3. The van der Waals surface area contributed by atoms with E-state index in [1.165, 1.54) is 68.9 Å². The lowest BCUT2D eigenvalue weighted by atomic mass is 9.71. The lowest BCUT2D eigenvalue weighted by Gasteiger charge is -2.48. The number of hydrogen-bond donors (Lipinski definition) is 4. The minimum Gasteiger partial charge on any atom is -0.368 e. The number of nitrogens with zero attached hydrogens (tertiary/aromatic N) is 1. The number of fused-ring (bicyclic) bond motifs is 1. The standard InChI is InChI=1S/C26H45N5O/c1-17-14-22-23(15-18(17)2)31(25(27)24(30-22)26(28)32)13-12-29-16-19-8-10-21(11-9-19)20-6-4-3-5-7-20/h19-24,27,29-30H,3-16H2,1-2H3,(H2,28,32). The van der Waals surface area contributed by atoms with E-state index < -0.39 is 11.9 Å². The molecule has 0 spiro atoms. The van der Waals surface area contributed by atoms with Gasteiger partial charge in [0.2, 0.25) is 5.91 Å². The number of hydrogen-bond acceptors (Lipinski definition) is 4. The van der Waals surface area contributed by atoms with Gasteiger partial charge in [-0.25, -0.2) is 0 Å². The summed E-state index contributed by atoms with van der Waals surface area (Å²) in [6.07, 6.45) is 14.8. The van der Waals surface area contributed by atoms with Crippen molar-refractivity contribution in [2.24, 2.45) is 23.5 Å². The van der Waals surface area contributed by atoms with E-state index in [0.717, 1.165) is 50.2 Å². The first-order chi connectivity index (χ1) is 15.4. The van der Waals surface area contributed by atoms with Crippen molar-refractivity contribution < 1.29 is 4.79 Å². The maximum Gasteiger partial charge on any atom is 0.242 e. The van der Waals surface area contributed by atoms with Crippen LogP contribution in [0.2, 0.25) is 0 Å². The SMILES string of the molecule is CC1=C(C)CC2C(C1)NC(C(N)=O)C(=N)N2CCNCC1CCC(C2CCCCC2)CC1. The Hall–Kier alpha value is -1.40. The number of nitrogens with one attached hydrogen (secondary N) is 3. The van der Waals surface area contributed by atoms with Crippen LogP contribution in [-0.2, 0) is 4.79 Å². The van der Waals surface area contributed by atoms with Crippen molar-refractivity contribution >= 4 is 11.7 Å². The lowest BCUT2D eigenvalue weighted by Crippen LogP contribution is -2.69. The maximum absolute atomic E-state index is 12.0. The van der Waals surface area contributed by atoms with Gasteiger partial charge in [0, 0.05) is 25.2 Å². The fourth-order valence-electron chi connectivity index (χ4n) is 6.88.